The van der Waals surface area contributed by atoms with E-state index in [2.05, 4.69) is 0 Å². The highest BCUT2D eigenvalue weighted by molar-refractivity contribution is 5.96. The van der Waals surface area contributed by atoms with Gasteiger partial charge in [0.05, 0.1) is 5.69 Å². The van der Waals surface area contributed by atoms with Gasteiger partial charge in [-0.15, -0.1) is 0 Å². The molecular weight excluding hydrogens is 333 g/mol. The van der Waals surface area contributed by atoms with E-state index in [1.54, 1.807) is 24.3 Å². The molecule has 0 radical (unpaired) electrons. The van der Waals surface area contributed by atoms with Crippen LogP contribution in [-0.4, -0.2) is 24.8 Å². The van der Waals surface area contributed by atoms with Gasteiger partial charge < -0.3 is 9.64 Å². The Morgan fingerprint density at radius 2 is 1.92 bits per heavy atom. The normalized spacial score (nSPS) is 13.3. The maximum absolute atomic E-state index is 14.4. The maximum atomic E-state index is 14.4. The molecule has 26 heavy (non-hydrogen) atoms. The molecule has 0 aliphatic carbocycles. The Morgan fingerprint density at radius 1 is 1.19 bits per heavy atom. The van der Waals surface area contributed by atoms with Gasteiger partial charge in [-0.2, -0.15) is 0 Å². The zero-order chi connectivity index (χ0) is 18.7. The molecule has 1 aliphatic heterocycles. The predicted octanol–water partition coefficient (Wildman–Crippen LogP) is 4.09. The Bertz CT molecular complexity index is 830. The van der Waals surface area contributed by atoms with E-state index in [4.69, 9.17) is 4.74 Å². The largest absolute Gasteiger partial charge is 0.484 e. The maximum Gasteiger partial charge on any atom is 0.265 e. The molecule has 3 rings (SSSR count). The van der Waals surface area contributed by atoms with Crippen LogP contribution in [0.3, 0.4) is 0 Å². The van der Waals surface area contributed by atoms with Crippen LogP contribution in [0.4, 0.5) is 10.1 Å². The number of carbonyl (C=O) groups is 2. The van der Waals surface area contributed by atoms with Crippen molar-refractivity contribution in [1.82, 2.24) is 0 Å². The Morgan fingerprint density at radius 3 is 2.62 bits per heavy atom. The standard InChI is InChI=1S/C21H22FNO3/c1-3-19(24)15-6-8-17(9-7-15)26-13-20(25)23-10-4-5-16-11-14(2)12-18(22)21(16)23/h6-9,11-12H,3-5,10,13H2,1-2H3. The van der Waals surface area contributed by atoms with Gasteiger partial charge in [0.1, 0.15) is 11.6 Å². The number of nitrogens with zero attached hydrogens (tertiary/aromatic N) is 1. The fraction of sp³-hybridized carbons (Fsp3) is 0.333. The van der Waals surface area contributed by atoms with Crippen LogP contribution in [0.15, 0.2) is 36.4 Å². The second kappa shape index (κ2) is 7.68. The van der Waals surface area contributed by atoms with Crippen molar-refractivity contribution >= 4 is 17.4 Å². The summed E-state index contributed by atoms with van der Waals surface area (Å²) in [6, 6.07) is 10.1. The van der Waals surface area contributed by atoms with Gasteiger partial charge in [0.25, 0.3) is 5.91 Å². The lowest BCUT2D eigenvalue weighted by Gasteiger charge is -2.30. The number of hydrogen-bond donors (Lipinski definition) is 0. The van der Waals surface area contributed by atoms with E-state index in [9.17, 15) is 14.0 Å². The quantitative estimate of drug-likeness (QED) is 0.759. The molecular formula is C21H22FNO3. The number of rotatable bonds is 5. The number of halogens is 1. The molecule has 0 aromatic heterocycles. The molecule has 0 N–H and O–H groups in total. The Balaban J connectivity index is 1.69. The van der Waals surface area contributed by atoms with Gasteiger partial charge in [0, 0.05) is 18.5 Å². The highest BCUT2D eigenvalue weighted by Gasteiger charge is 2.26. The second-order valence-corrected chi connectivity index (χ2v) is 6.49. The van der Waals surface area contributed by atoms with Crippen molar-refractivity contribution in [1.29, 1.82) is 0 Å². The van der Waals surface area contributed by atoms with Gasteiger partial charge in [0.2, 0.25) is 0 Å². The van der Waals surface area contributed by atoms with Gasteiger partial charge in [0.15, 0.2) is 12.4 Å². The molecule has 1 heterocycles. The number of fused-ring (bicyclic) bond motifs is 1. The van der Waals surface area contributed by atoms with Crippen LogP contribution in [0.25, 0.3) is 0 Å². The van der Waals surface area contributed by atoms with Crippen LogP contribution >= 0.6 is 0 Å². The van der Waals surface area contributed by atoms with Crippen LogP contribution in [0.1, 0.15) is 41.3 Å². The lowest BCUT2D eigenvalue weighted by atomic mass is 9.99. The van der Waals surface area contributed by atoms with E-state index in [0.29, 0.717) is 30.0 Å². The third-order valence-corrected chi connectivity index (χ3v) is 4.55. The van der Waals surface area contributed by atoms with Gasteiger partial charge in [-0.05, 0) is 61.2 Å². The summed E-state index contributed by atoms with van der Waals surface area (Å²) in [6.45, 7) is 3.97. The van der Waals surface area contributed by atoms with Crippen molar-refractivity contribution < 1.29 is 18.7 Å². The van der Waals surface area contributed by atoms with Gasteiger partial charge in [-0.25, -0.2) is 4.39 Å². The topological polar surface area (TPSA) is 46.6 Å². The minimum absolute atomic E-state index is 0.0586. The molecule has 1 aliphatic rings. The number of ketones is 1. The molecule has 0 spiro atoms. The van der Waals surface area contributed by atoms with Gasteiger partial charge >= 0.3 is 0 Å². The lowest BCUT2D eigenvalue weighted by Crippen LogP contribution is -2.39. The fourth-order valence-electron chi connectivity index (χ4n) is 3.25. The predicted molar refractivity (Wildman–Crippen MR) is 98.4 cm³/mol. The molecule has 5 heteroatoms. The highest BCUT2D eigenvalue weighted by Crippen LogP contribution is 2.31. The summed E-state index contributed by atoms with van der Waals surface area (Å²) in [5.74, 6) is -0.0752. The molecule has 0 saturated heterocycles. The molecule has 0 fully saturated rings. The molecule has 4 nitrogen and oxygen atoms in total. The molecule has 1 amide bonds. The van der Waals surface area contributed by atoms with E-state index in [-0.39, 0.29) is 24.1 Å². The van der Waals surface area contributed by atoms with Crippen LogP contribution < -0.4 is 9.64 Å². The first-order chi connectivity index (χ1) is 12.5. The SMILES string of the molecule is CCC(=O)c1ccc(OCC(=O)N2CCCc3cc(C)cc(F)c32)cc1. The van der Waals surface area contributed by atoms with E-state index in [1.807, 2.05) is 19.9 Å². The van der Waals surface area contributed by atoms with Crippen molar-refractivity contribution in [3.05, 3.63) is 58.9 Å². The van der Waals surface area contributed by atoms with Gasteiger partial charge in [-0.1, -0.05) is 13.0 Å². The summed E-state index contributed by atoms with van der Waals surface area (Å²) in [5, 5.41) is 0. The van der Waals surface area contributed by atoms with Gasteiger partial charge in [-0.3, -0.25) is 9.59 Å². The minimum Gasteiger partial charge on any atom is -0.484 e. The molecule has 0 saturated carbocycles. The third kappa shape index (κ3) is 3.77. The number of anilines is 1. The van der Waals surface area contributed by atoms with E-state index >= 15 is 0 Å². The average molecular weight is 355 g/mol. The number of ether oxygens (including phenoxy) is 1. The number of hydrogen-bond acceptors (Lipinski definition) is 3. The molecule has 0 bridgehead atoms. The molecule has 2 aromatic rings. The third-order valence-electron chi connectivity index (χ3n) is 4.55. The van der Waals surface area contributed by atoms with E-state index < -0.39 is 0 Å². The summed E-state index contributed by atoms with van der Waals surface area (Å²) in [4.78, 5) is 25.7. The Hall–Kier alpha value is -2.69. The number of carbonyl (C=O) groups excluding carboxylic acids is 2. The fourth-order valence-corrected chi connectivity index (χ4v) is 3.25. The molecule has 0 unspecified atom stereocenters. The number of aryl methyl sites for hydroxylation is 2. The number of benzene rings is 2. The summed E-state index contributed by atoms with van der Waals surface area (Å²) >= 11 is 0. The van der Waals surface area contributed by atoms with E-state index in [0.717, 1.165) is 24.0 Å². The van der Waals surface area contributed by atoms with E-state index in [1.165, 1.54) is 11.0 Å². The summed E-state index contributed by atoms with van der Waals surface area (Å²) < 4.78 is 19.9. The summed E-state index contributed by atoms with van der Waals surface area (Å²) in [7, 11) is 0. The van der Waals surface area contributed by atoms with Crippen molar-refractivity contribution in [2.24, 2.45) is 0 Å². The Labute approximate surface area is 152 Å². The first kappa shape index (κ1) is 18.1. The molecule has 2 aromatic carbocycles. The van der Waals surface area contributed by atoms with Crippen LogP contribution in [0.5, 0.6) is 5.75 Å². The summed E-state index contributed by atoms with van der Waals surface area (Å²) in [6.07, 6.45) is 2.01. The first-order valence-corrected chi connectivity index (χ1v) is 8.85. The minimum atomic E-state index is -0.365. The zero-order valence-electron chi connectivity index (χ0n) is 15.0. The smallest absolute Gasteiger partial charge is 0.265 e. The first-order valence-electron chi connectivity index (χ1n) is 8.85. The van der Waals surface area contributed by atoms with Crippen molar-refractivity contribution in [3.63, 3.8) is 0 Å². The second-order valence-electron chi connectivity index (χ2n) is 6.49. The highest BCUT2D eigenvalue weighted by atomic mass is 19.1. The Kier molecular flexibility index (Phi) is 5.35. The van der Waals surface area contributed by atoms with Crippen molar-refractivity contribution in [2.75, 3.05) is 18.1 Å². The molecule has 136 valence electrons. The van der Waals surface area contributed by atoms with Crippen molar-refractivity contribution in [2.45, 2.75) is 33.1 Å². The van der Waals surface area contributed by atoms with Crippen LogP contribution in [0, 0.1) is 12.7 Å². The van der Waals surface area contributed by atoms with Crippen LogP contribution in [-0.2, 0) is 11.2 Å². The average Bonchev–Trinajstić information content (AvgIpc) is 2.65. The number of amides is 1. The lowest BCUT2D eigenvalue weighted by molar-refractivity contribution is -0.120. The van der Waals surface area contributed by atoms with Crippen LogP contribution in [0.2, 0.25) is 0 Å². The zero-order valence-corrected chi connectivity index (χ0v) is 15.0. The monoisotopic (exact) mass is 355 g/mol. The van der Waals surface area contributed by atoms with Crippen molar-refractivity contribution in [3.8, 4) is 5.75 Å². The summed E-state index contributed by atoms with van der Waals surface area (Å²) in [5.41, 5.74) is 2.71. The molecule has 0 atom stereocenters. The number of Topliss-reactive ketones (excluding diaryl/α,β-unsaturated/α-hetero) is 1.